The van der Waals surface area contributed by atoms with Crippen LogP contribution in [0.2, 0.25) is 0 Å². The van der Waals surface area contributed by atoms with Gasteiger partial charge in [0.15, 0.2) is 0 Å². The molecule has 0 bridgehead atoms. The molecule has 0 aromatic heterocycles. The molecule has 0 amide bonds. The van der Waals surface area contributed by atoms with E-state index < -0.39 is 0 Å². The third-order valence-corrected chi connectivity index (χ3v) is 20.0. The van der Waals surface area contributed by atoms with E-state index in [0.717, 1.165) is 11.4 Å². The average Bonchev–Trinajstić information content (AvgIpc) is 1.63. The van der Waals surface area contributed by atoms with Crippen molar-refractivity contribution in [3.8, 4) is 44.5 Å². The van der Waals surface area contributed by atoms with E-state index in [1.807, 2.05) is 0 Å². The lowest BCUT2D eigenvalue weighted by atomic mass is 9.81. The minimum absolute atomic E-state index is 0.0921. The lowest BCUT2D eigenvalue weighted by molar-refractivity contribution is 0.659. The first kappa shape index (κ1) is 53.2. The highest BCUT2D eigenvalue weighted by molar-refractivity contribution is 5.92. The number of rotatable bonds is 10. The van der Waals surface area contributed by atoms with Gasteiger partial charge in [0.1, 0.15) is 0 Å². The van der Waals surface area contributed by atoms with Crippen molar-refractivity contribution >= 4 is 58.4 Å². The zero-order chi connectivity index (χ0) is 59.0. The van der Waals surface area contributed by atoms with Gasteiger partial charge in [-0.25, -0.2) is 0 Å². The fraction of sp³-hybridized carbons (Fsp3) is 0.167. The van der Waals surface area contributed by atoms with Gasteiger partial charge in [0.05, 0.1) is 0 Å². The molecule has 0 spiro atoms. The van der Waals surface area contributed by atoms with Crippen molar-refractivity contribution < 1.29 is 0 Å². The predicted molar refractivity (Wildman–Crippen MR) is 366 cm³/mol. The Balaban J connectivity index is 0.658. The van der Waals surface area contributed by atoms with Gasteiger partial charge >= 0.3 is 0 Å². The minimum Gasteiger partial charge on any atom is -0.310 e. The summed E-state index contributed by atoms with van der Waals surface area (Å²) < 4.78 is 0. The Kier molecular flexibility index (Phi) is 12.1. The smallest absolute Gasteiger partial charge is 0.0465 e. The number of benzene rings is 11. The SMILES string of the molecule is Cc1ccc(N(c2ccc3c(c2)C(C)(C)c2ccccc2-3)c2ccc3c(c2)C(C)(C)c2cc(/C=C/c4ccc(/C=C/c5ccc6c(c5)C(C)(C)c5cc(N(c7ccc(C)cc7)c7ccc8c(c7)C(C)(C)c7ccccc7-8)ccc5-6)cc4)ccc2-3)cc1. The first-order chi connectivity index (χ1) is 41.4. The Hall–Kier alpha value is -9.50. The van der Waals surface area contributed by atoms with Crippen molar-refractivity contribution in [3.63, 3.8) is 0 Å². The first-order valence-corrected chi connectivity index (χ1v) is 30.7. The molecule has 2 heteroatoms. The molecular weight excluding hydrogens is 1040 g/mol. The summed E-state index contributed by atoms with van der Waals surface area (Å²) in [5, 5.41) is 0. The summed E-state index contributed by atoms with van der Waals surface area (Å²) in [5.74, 6) is 0. The van der Waals surface area contributed by atoms with Gasteiger partial charge in [-0.2, -0.15) is 0 Å². The van der Waals surface area contributed by atoms with Crippen LogP contribution in [0, 0.1) is 13.8 Å². The van der Waals surface area contributed by atoms with Gasteiger partial charge in [-0.3, -0.25) is 0 Å². The first-order valence-electron chi connectivity index (χ1n) is 30.7. The highest BCUT2D eigenvalue weighted by Gasteiger charge is 2.40. The molecule has 15 rings (SSSR count). The summed E-state index contributed by atoms with van der Waals surface area (Å²) in [4.78, 5) is 4.90. The van der Waals surface area contributed by atoms with Crippen LogP contribution in [0.3, 0.4) is 0 Å². The molecular formula is C84H72N2. The molecule has 0 atom stereocenters. The zero-order valence-corrected chi connectivity index (χ0v) is 51.1. The largest absolute Gasteiger partial charge is 0.310 e. The molecule has 0 radical (unpaired) electrons. The molecule has 11 aromatic rings. The molecule has 0 saturated carbocycles. The number of hydrogen-bond acceptors (Lipinski definition) is 2. The molecule has 2 nitrogen and oxygen atoms in total. The lowest BCUT2D eigenvalue weighted by Crippen LogP contribution is -2.18. The van der Waals surface area contributed by atoms with Gasteiger partial charge in [-0.15, -0.1) is 0 Å². The average molecular weight is 1110 g/mol. The number of fused-ring (bicyclic) bond motifs is 12. The van der Waals surface area contributed by atoms with Crippen LogP contribution in [0.15, 0.2) is 231 Å². The molecule has 418 valence electrons. The number of aryl methyl sites for hydroxylation is 2. The van der Waals surface area contributed by atoms with Crippen molar-refractivity contribution in [2.75, 3.05) is 9.80 Å². The van der Waals surface area contributed by atoms with Gasteiger partial charge in [-0.1, -0.05) is 249 Å². The third kappa shape index (κ3) is 8.43. The fourth-order valence-electron chi connectivity index (χ4n) is 15.0. The maximum Gasteiger partial charge on any atom is 0.0465 e. The van der Waals surface area contributed by atoms with E-state index in [9.17, 15) is 0 Å². The highest BCUT2D eigenvalue weighted by Crippen LogP contribution is 2.56. The van der Waals surface area contributed by atoms with Gasteiger partial charge in [0.25, 0.3) is 0 Å². The minimum atomic E-state index is -0.194. The normalized spacial score (nSPS) is 15.4. The van der Waals surface area contributed by atoms with Crippen molar-refractivity contribution in [1.82, 2.24) is 0 Å². The number of hydrogen-bond donors (Lipinski definition) is 0. The molecule has 0 fully saturated rings. The van der Waals surface area contributed by atoms with E-state index >= 15 is 0 Å². The van der Waals surface area contributed by atoms with Crippen LogP contribution in [0.5, 0.6) is 0 Å². The topological polar surface area (TPSA) is 6.48 Å². The highest BCUT2D eigenvalue weighted by atomic mass is 15.1. The summed E-state index contributed by atoms with van der Waals surface area (Å²) in [7, 11) is 0. The monoisotopic (exact) mass is 1110 g/mol. The van der Waals surface area contributed by atoms with E-state index in [1.165, 1.54) is 145 Å². The zero-order valence-electron chi connectivity index (χ0n) is 51.1. The number of anilines is 6. The second-order valence-corrected chi connectivity index (χ2v) is 26.8. The van der Waals surface area contributed by atoms with Gasteiger partial charge < -0.3 is 9.80 Å². The van der Waals surface area contributed by atoms with Crippen LogP contribution in [-0.4, -0.2) is 0 Å². The second kappa shape index (κ2) is 19.5. The van der Waals surface area contributed by atoms with E-state index in [2.05, 4.69) is 334 Å². The Labute approximate surface area is 509 Å². The maximum atomic E-state index is 2.45. The molecule has 4 aliphatic carbocycles. The van der Waals surface area contributed by atoms with Gasteiger partial charge in [0.2, 0.25) is 0 Å². The van der Waals surface area contributed by atoms with Gasteiger partial charge in [-0.05, 0) is 198 Å². The van der Waals surface area contributed by atoms with Crippen molar-refractivity contribution in [1.29, 1.82) is 0 Å². The third-order valence-electron chi connectivity index (χ3n) is 20.0. The van der Waals surface area contributed by atoms with Crippen LogP contribution in [0.1, 0.15) is 133 Å². The maximum absolute atomic E-state index is 2.45. The van der Waals surface area contributed by atoms with E-state index in [1.54, 1.807) is 0 Å². The second-order valence-electron chi connectivity index (χ2n) is 26.8. The Morgan fingerprint density at radius 2 is 0.453 bits per heavy atom. The molecule has 0 heterocycles. The van der Waals surface area contributed by atoms with Crippen LogP contribution < -0.4 is 9.80 Å². The fourth-order valence-corrected chi connectivity index (χ4v) is 15.0. The Morgan fingerprint density at radius 3 is 0.779 bits per heavy atom. The van der Waals surface area contributed by atoms with E-state index in [4.69, 9.17) is 0 Å². The lowest BCUT2D eigenvalue weighted by Gasteiger charge is -2.29. The summed E-state index contributed by atoms with van der Waals surface area (Å²) in [6.07, 6.45) is 9.02. The van der Waals surface area contributed by atoms with Crippen LogP contribution in [0.4, 0.5) is 34.1 Å². The van der Waals surface area contributed by atoms with Crippen LogP contribution >= 0.6 is 0 Å². The summed E-state index contributed by atoms with van der Waals surface area (Å²) in [5.41, 5.74) is 35.3. The summed E-state index contributed by atoms with van der Waals surface area (Å²) >= 11 is 0. The summed E-state index contributed by atoms with van der Waals surface area (Å²) in [6, 6.07) is 87.1. The number of nitrogens with zero attached hydrogens (tertiary/aromatic N) is 2. The van der Waals surface area contributed by atoms with E-state index in [-0.39, 0.29) is 21.7 Å². The van der Waals surface area contributed by atoms with Crippen molar-refractivity contribution in [2.24, 2.45) is 0 Å². The Morgan fingerprint density at radius 1 is 0.221 bits per heavy atom. The van der Waals surface area contributed by atoms with E-state index in [0.29, 0.717) is 0 Å². The predicted octanol–water partition coefficient (Wildman–Crippen LogP) is 22.8. The Bertz CT molecular complexity index is 4340. The van der Waals surface area contributed by atoms with Crippen molar-refractivity contribution in [2.45, 2.75) is 90.9 Å². The molecule has 11 aromatic carbocycles. The molecule has 86 heavy (non-hydrogen) atoms. The van der Waals surface area contributed by atoms with Crippen molar-refractivity contribution in [3.05, 3.63) is 308 Å². The standard InChI is InChI=1S/C84H72N2/c1-53-19-33-59(34-20-53)85(61-37-43-69-65-15-11-13-17-73(65)81(3,4)77(69)49-61)63-39-45-71-67-41-31-57(47-75(67)83(7,8)79(71)51-63)29-27-55-23-25-56(26-24-55)28-30-58-32-42-68-72-46-40-64(52-80(72)84(9,10)76(68)48-58)86(60-35-21-54(2)22-36-60)62-38-44-70-66-16-12-14-18-74(66)82(5,6)78(70)50-62/h11-52H,1-10H3/b29-27+,30-28+. The quantitative estimate of drug-likeness (QED) is 0.126. The molecule has 0 aliphatic heterocycles. The molecule has 4 aliphatic rings. The molecule has 0 N–H and O–H groups in total. The van der Waals surface area contributed by atoms with Crippen LogP contribution in [-0.2, 0) is 21.7 Å². The molecule has 0 unspecified atom stereocenters. The molecule has 0 saturated heterocycles. The summed E-state index contributed by atoms with van der Waals surface area (Å²) in [6.45, 7) is 23.3. The van der Waals surface area contributed by atoms with Crippen LogP contribution in [0.25, 0.3) is 68.8 Å². The van der Waals surface area contributed by atoms with Gasteiger partial charge in [0, 0.05) is 55.8 Å².